The molecule has 4 rings (SSSR count). The fourth-order valence-corrected chi connectivity index (χ4v) is 4.08. The van der Waals surface area contributed by atoms with Crippen LogP contribution in [0.4, 0.5) is 10.3 Å². The number of anilines is 1. The third kappa shape index (κ3) is 3.78. The second-order valence-corrected chi connectivity index (χ2v) is 7.25. The molecule has 7 heteroatoms. The Balaban J connectivity index is 1.62. The average Bonchev–Trinajstić information content (AvgIpc) is 3.34. The van der Waals surface area contributed by atoms with Gasteiger partial charge in [-0.25, -0.2) is 14.4 Å². The van der Waals surface area contributed by atoms with Gasteiger partial charge in [0.05, 0.1) is 18.3 Å². The molecule has 1 atom stereocenters. The van der Waals surface area contributed by atoms with Gasteiger partial charge in [0, 0.05) is 24.8 Å². The number of nitrogens with two attached hydrogens (primary N) is 1. The average molecular weight is 369 g/mol. The Labute approximate surface area is 158 Å². The lowest BCUT2D eigenvalue weighted by molar-refractivity contribution is -0.131. The van der Waals surface area contributed by atoms with Crippen LogP contribution in [0.25, 0.3) is 11.1 Å². The topological polar surface area (TPSA) is 75.3 Å². The number of nitrogen functional groups attached to an aromatic ring is 1. The van der Waals surface area contributed by atoms with Crippen LogP contribution in [-0.2, 0) is 4.79 Å². The minimum Gasteiger partial charge on any atom is -0.368 e. The summed E-state index contributed by atoms with van der Waals surface area (Å²) >= 11 is 0. The van der Waals surface area contributed by atoms with Crippen LogP contribution >= 0.6 is 0 Å². The van der Waals surface area contributed by atoms with Crippen LogP contribution in [0.15, 0.2) is 30.5 Å². The van der Waals surface area contributed by atoms with E-state index in [1.54, 1.807) is 18.3 Å². The largest absolute Gasteiger partial charge is 0.368 e. The summed E-state index contributed by atoms with van der Waals surface area (Å²) in [6, 6.07) is 6.32. The molecule has 0 bridgehead atoms. The van der Waals surface area contributed by atoms with Crippen LogP contribution in [0.5, 0.6) is 0 Å². The molecule has 2 N–H and O–H groups in total. The van der Waals surface area contributed by atoms with E-state index in [4.69, 9.17) is 5.73 Å². The molecule has 1 aromatic heterocycles. The van der Waals surface area contributed by atoms with E-state index in [-0.39, 0.29) is 23.7 Å². The van der Waals surface area contributed by atoms with E-state index in [9.17, 15) is 9.18 Å². The molecular formula is C20H24FN5O. The van der Waals surface area contributed by atoms with Gasteiger partial charge >= 0.3 is 0 Å². The molecule has 0 unspecified atom stereocenters. The van der Waals surface area contributed by atoms with E-state index in [0.29, 0.717) is 6.54 Å². The highest BCUT2D eigenvalue weighted by atomic mass is 19.1. The van der Waals surface area contributed by atoms with Crippen molar-refractivity contribution in [2.75, 3.05) is 31.9 Å². The van der Waals surface area contributed by atoms with E-state index in [2.05, 4.69) is 14.9 Å². The second kappa shape index (κ2) is 7.60. The zero-order valence-electron chi connectivity index (χ0n) is 15.3. The van der Waals surface area contributed by atoms with E-state index in [1.807, 2.05) is 4.90 Å². The van der Waals surface area contributed by atoms with Gasteiger partial charge < -0.3 is 10.6 Å². The number of rotatable bonds is 4. The minimum atomic E-state index is -0.282. The summed E-state index contributed by atoms with van der Waals surface area (Å²) in [6.45, 7) is 2.98. The summed E-state index contributed by atoms with van der Waals surface area (Å²) in [4.78, 5) is 25.4. The molecule has 0 aliphatic carbocycles. The van der Waals surface area contributed by atoms with Crippen molar-refractivity contribution in [3.8, 4) is 11.1 Å². The molecule has 2 saturated heterocycles. The number of likely N-dealkylation sites (tertiary alicyclic amines) is 2. The number of amides is 1. The molecule has 6 nitrogen and oxygen atoms in total. The Kier molecular flexibility index (Phi) is 5.03. The van der Waals surface area contributed by atoms with Gasteiger partial charge in [-0.15, -0.1) is 0 Å². The van der Waals surface area contributed by atoms with Crippen LogP contribution < -0.4 is 5.73 Å². The van der Waals surface area contributed by atoms with Gasteiger partial charge in [0.25, 0.3) is 0 Å². The maximum absolute atomic E-state index is 13.3. The molecule has 3 heterocycles. The number of carbonyl (C=O) groups is 1. The highest BCUT2D eigenvalue weighted by Gasteiger charge is 2.32. The summed E-state index contributed by atoms with van der Waals surface area (Å²) in [7, 11) is 0. The lowest BCUT2D eigenvalue weighted by Gasteiger charge is -2.27. The molecule has 0 radical (unpaired) electrons. The fraction of sp³-hybridized carbons (Fsp3) is 0.450. The Morgan fingerprint density at radius 1 is 1.15 bits per heavy atom. The molecule has 2 aliphatic rings. The normalized spacial score (nSPS) is 20.3. The highest BCUT2D eigenvalue weighted by molar-refractivity contribution is 5.78. The number of hydrogen-bond acceptors (Lipinski definition) is 5. The number of halogens is 1. The molecule has 1 aromatic carbocycles. The maximum atomic E-state index is 13.3. The number of carbonyl (C=O) groups excluding carboxylic acids is 1. The van der Waals surface area contributed by atoms with Crippen molar-refractivity contribution >= 4 is 11.9 Å². The predicted octanol–water partition coefficient (Wildman–Crippen LogP) is 2.62. The van der Waals surface area contributed by atoms with Gasteiger partial charge in [-0.2, -0.15) is 0 Å². The van der Waals surface area contributed by atoms with Crippen molar-refractivity contribution in [1.29, 1.82) is 0 Å². The summed E-state index contributed by atoms with van der Waals surface area (Å²) in [5, 5.41) is 0. The minimum absolute atomic E-state index is 0.0157. The number of hydrogen-bond donors (Lipinski definition) is 1. The van der Waals surface area contributed by atoms with E-state index in [1.165, 1.54) is 12.1 Å². The van der Waals surface area contributed by atoms with Crippen molar-refractivity contribution in [2.45, 2.75) is 31.7 Å². The molecule has 2 aliphatic heterocycles. The summed E-state index contributed by atoms with van der Waals surface area (Å²) < 4.78 is 13.3. The molecule has 1 amide bonds. The molecule has 0 spiro atoms. The Morgan fingerprint density at radius 2 is 1.89 bits per heavy atom. The Bertz CT molecular complexity index is 820. The second-order valence-electron chi connectivity index (χ2n) is 7.25. The van der Waals surface area contributed by atoms with Gasteiger partial charge in [-0.05, 0) is 49.9 Å². The van der Waals surface area contributed by atoms with Crippen LogP contribution in [0, 0.1) is 5.82 Å². The molecule has 2 fully saturated rings. The van der Waals surface area contributed by atoms with Gasteiger partial charge in [0.1, 0.15) is 5.82 Å². The quantitative estimate of drug-likeness (QED) is 0.897. The smallest absolute Gasteiger partial charge is 0.236 e. The molecular weight excluding hydrogens is 345 g/mol. The van der Waals surface area contributed by atoms with Crippen LogP contribution in [0.1, 0.15) is 37.4 Å². The standard InChI is InChI=1S/C20H24FN5O/c21-15-7-5-14(6-8-15)16-12-23-20(22)24-19(16)17-4-3-11-26(17)13-18(27)25-9-1-2-10-25/h5-8,12,17H,1-4,9-11,13H2,(H2,22,23,24)/t17-/m1/s1. The highest BCUT2D eigenvalue weighted by Crippen LogP contribution is 2.36. The first-order valence-electron chi connectivity index (χ1n) is 9.52. The van der Waals surface area contributed by atoms with Crippen molar-refractivity contribution in [3.05, 3.63) is 42.0 Å². The first-order valence-corrected chi connectivity index (χ1v) is 9.52. The molecule has 0 saturated carbocycles. The Hall–Kier alpha value is -2.54. The van der Waals surface area contributed by atoms with Crippen molar-refractivity contribution in [2.24, 2.45) is 0 Å². The third-order valence-corrected chi connectivity index (χ3v) is 5.47. The van der Waals surface area contributed by atoms with Crippen molar-refractivity contribution in [1.82, 2.24) is 19.8 Å². The SMILES string of the molecule is Nc1ncc(-c2ccc(F)cc2)c([C@H]2CCCN2CC(=O)N2CCCC2)n1. The van der Waals surface area contributed by atoms with Gasteiger partial charge in [-0.3, -0.25) is 9.69 Å². The molecule has 142 valence electrons. The van der Waals surface area contributed by atoms with Gasteiger partial charge in [0.2, 0.25) is 11.9 Å². The van der Waals surface area contributed by atoms with E-state index >= 15 is 0 Å². The molecule has 27 heavy (non-hydrogen) atoms. The zero-order valence-corrected chi connectivity index (χ0v) is 15.3. The predicted molar refractivity (Wildman–Crippen MR) is 101 cm³/mol. The van der Waals surface area contributed by atoms with Crippen LogP contribution in [-0.4, -0.2) is 51.9 Å². The maximum Gasteiger partial charge on any atom is 0.236 e. The first kappa shape index (κ1) is 17.9. The monoisotopic (exact) mass is 369 g/mol. The van der Waals surface area contributed by atoms with E-state index in [0.717, 1.165) is 62.1 Å². The fourth-order valence-electron chi connectivity index (χ4n) is 4.08. The lowest BCUT2D eigenvalue weighted by atomic mass is 10.00. The Morgan fingerprint density at radius 3 is 2.63 bits per heavy atom. The van der Waals surface area contributed by atoms with Crippen molar-refractivity contribution in [3.63, 3.8) is 0 Å². The third-order valence-electron chi connectivity index (χ3n) is 5.47. The van der Waals surface area contributed by atoms with E-state index < -0.39 is 0 Å². The molecule has 2 aromatic rings. The summed E-state index contributed by atoms with van der Waals surface area (Å²) in [5.41, 5.74) is 8.38. The number of benzene rings is 1. The van der Waals surface area contributed by atoms with Gasteiger partial charge in [0.15, 0.2) is 0 Å². The van der Waals surface area contributed by atoms with Crippen LogP contribution in [0.2, 0.25) is 0 Å². The van der Waals surface area contributed by atoms with Crippen molar-refractivity contribution < 1.29 is 9.18 Å². The number of nitrogens with zero attached hydrogens (tertiary/aromatic N) is 4. The number of aromatic nitrogens is 2. The summed E-state index contributed by atoms with van der Waals surface area (Å²) in [6.07, 6.45) is 5.80. The first-order chi connectivity index (χ1) is 13.1. The van der Waals surface area contributed by atoms with Gasteiger partial charge in [-0.1, -0.05) is 12.1 Å². The zero-order chi connectivity index (χ0) is 18.8. The summed E-state index contributed by atoms with van der Waals surface area (Å²) in [5.74, 6) is 0.119. The lowest BCUT2D eigenvalue weighted by Crippen LogP contribution is -2.39. The van der Waals surface area contributed by atoms with Crippen LogP contribution in [0.3, 0.4) is 0 Å².